The first-order valence-electron chi connectivity index (χ1n) is 9.10. The van der Waals surface area contributed by atoms with Crippen LogP contribution in [0.15, 0.2) is 30.9 Å². The van der Waals surface area contributed by atoms with E-state index >= 15 is 0 Å². The Bertz CT molecular complexity index is 1170. The molecule has 0 fully saturated rings. The van der Waals surface area contributed by atoms with Gasteiger partial charge in [0, 0.05) is 12.7 Å². The van der Waals surface area contributed by atoms with E-state index in [1.165, 1.54) is 25.7 Å². The number of nitriles is 1. The second kappa shape index (κ2) is 8.98. The van der Waals surface area contributed by atoms with Gasteiger partial charge in [0.15, 0.2) is 5.82 Å². The minimum atomic E-state index is -4.77. The largest absolute Gasteiger partial charge is 0.420 e. The maximum absolute atomic E-state index is 13.5. The van der Waals surface area contributed by atoms with Crippen molar-refractivity contribution in [3.05, 3.63) is 53.2 Å². The van der Waals surface area contributed by atoms with Crippen molar-refractivity contribution in [1.82, 2.24) is 25.0 Å². The highest BCUT2D eigenvalue weighted by atomic mass is 19.4. The van der Waals surface area contributed by atoms with Gasteiger partial charge in [0.1, 0.15) is 11.6 Å². The van der Waals surface area contributed by atoms with Gasteiger partial charge < -0.3 is 15.4 Å². The van der Waals surface area contributed by atoms with E-state index in [2.05, 4.69) is 30.8 Å². The second-order valence-electron chi connectivity index (χ2n) is 6.53. The van der Waals surface area contributed by atoms with Gasteiger partial charge >= 0.3 is 12.2 Å². The molecule has 0 bridgehead atoms. The van der Waals surface area contributed by atoms with Gasteiger partial charge in [-0.15, -0.1) is 4.80 Å². The molecule has 0 aliphatic heterocycles. The van der Waals surface area contributed by atoms with Crippen molar-refractivity contribution in [3.63, 3.8) is 0 Å². The van der Waals surface area contributed by atoms with Crippen LogP contribution in [0.2, 0.25) is 0 Å². The molecule has 3 heterocycles. The zero-order valence-corrected chi connectivity index (χ0v) is 17.1. The highest BCUT2D eigenvalue weighted by Crippen LogP contribution is 2.34. The van der Waals surface area contributed by atoms with E-state index in [0.29, 0.717) is 11.3 Å². The maximum Gasteiger partial charge on any atom is 0.420 e. The number of nitrogens with one attached hydrogen (secondary N) is 2. The van der Waals surface area contributed by atoms with Crippen LogP contribution in [0.1, 0.15) is 35.4 Å². The Hall–Kier alpha value is -4.05. The lowest BCUT2D eigenvalue weighted by Crippen LogP contribution is -2.23. The lowest BCUT2D eigenvalue weighted by atomic mass is 10.0. The number of halogens is 3. The molecular formula is C19H17F3N8O2. The van der Waals surface area contributed by atoms with Crippen molar-refractivity contribution in [2.24, 2.45) is 0 Å². The van der Waals surface area contributed by atoms with Crippen LogP contribution < -0.4 is 10.6 Å². The standard InChI is InChI=1S/C19H17F3N8O2/c1-10-13(7-23)16(11(2)32-3)15(9-24-10)29-18(31)28-12-6-14(19(20,21)22)17(25-8-12)30-26-4-5-27-30/h4-6,8-9,11H,1-3H3,(H2,28,29,31)/t11-/m0/s1. The Morgan fingerprint density at radius 2 is 1.91 bits per heavy atom. The smallest absolute Gasteiger partial charge is 0.377 e. The predicted molar refractivity (Wildman–Crippen MR) is 106 cm³/mol. The summed E-state index contributed by atoms with van der Waals surface area (Å²) in [5.74, 6) is -0.536. The molecule has 13 heteroatoms. The molecule has 166 valence electrons. The van der Waals surface area contributed by atoms with E-state index in [4.69, 9.17) is 4.74 Å². The summed E-state index contributed by atoms with van der Waals surface area (Å²) in [6.07, 6.45) is -0.516. The summed E-state index contributed by atoms with van der Waals surface area (Å²) >= 11 is 0. The molecule has 3 aromatic heterocycles. The highest BCUT2D eigenvalue weighted by molar-refractivity contribution is 6.00. The van der Waals surface area contributed by atoms with Crippen LogP contribution in [0.5, 0.6) is 0 Å². The van der Waals surface area contributed by atoms with Crippen molar-refractivity contribution in [2.75, 3.05) is 17.7 Å². The number of aryl methyl sites for hydroxylation is 1. The minimum Gasteiger partial charge on any atom is -0.377 e. The average molecular weight is 446 g/mol. The Kier molecular flexibility index (Phi) is 6.35. The quantitative estimate of drug-likeness (QED) is 0.612. The first kappa shape index (κ1) is 22.6. The van der Waals surface area contributed by atoms with Gasteiger partial charge in [0.25, 0.3) is 0 Å². The summed E-state index contributed by atoms with van der Waals surface area (Å²) in [5.41, 5.74) is -0.0997. The monoisotopic (exact) mass is 446 g/mol. The molecule has 0 radical (unpaired) electrons. The minimum absolute atomic E-state index is 0.181. The van der Waals surface area contributed by atoms with E-state index in [1.54, 1.807) is 13.8 Å². The Morgan fingerprint density at radius 3 is 2.50 bits per heavy atom. The molecule has 32 heavy (non-hydrogen) atoms. The summed E-state index contributed by atoms with van der Waals surface area (Å²) in [7, 11) is 1.44. The number of aromatic nitrogens is 5. The number of hydrogen-bond acceptors (Lipinski definition) is 7. The first-order chi connectivity index (χ1) is 15.2. The molecule has 0 unspecified atom stereocenters. The maximum atomic E-state index is 13.5. The molecule has 2 amide bonds. The van der Waals surface area contributed by atoms with E-state index in [1.807, 2.05) is 6.07 Å². The van der Waals surface area contributed by atoms with Crippen LogP contribution >= 0.6 is 0 Å². The summed E-state index contributed by atoms with van der Waals surface area (Å²) in [4.78, 5) is 21.0. The van der Waals surface area contributed by atoms with E-state index in [9.17, 15) is 23.2 Å². The number of hydrogen-bond donors (Lipinski definition) is 2. The van der Waals surface area contributed by atoms with Crippen LogP contribution in [0.25, 0.3) is 5.82 Å². The average Bonchev–Trinajstić information content (AvgIpc) is 3.28. The van der Waals surface area contributed by atoms with Crippen molar-refractivity contribution in [3.8, 4) is 11.9 Å². The fourth-order valence-electron chi connectivity index (χ4n) is 2.91. The number of nitrogens with zero attached hydrogens (tertiary/aromatic N) is 6. The van der Waals surface area contributed by atoms with Gasteiger partial charge in [-0.1, -0.05) is 0 Å². The lowest BCUT2D eigenvalue weighted by molar-refractivity contribution is -0.137. The Morgan fingerprint density at radius 1 is 1.22 bits per heavy atom. The molecular weight excluding hydrogens is 429 g/mol. The second-order valence-corrected chi connectivity index (χ2v) is 6.53. The van der Waals surface area contributed by atoms with Crippen molar-refractivity contribution in [2.45, 2.75) is 26.1 Å². The molecule has 10 nitrogen and oxygen atoms in total. The van der Waals surface area contributed by atoms with E-state index in [0.717, 1.165) is 17.1 Å². The SMILES string of the molecule is CO[C@@H](C)c1c(NC(=O)Nc2cnc(-n3nccn3)c(C(F)(F)F)c2)cnc(C)c1C#N. The third kappa shape index (κ3) is 4.65. The van der Waals surface area contributed by atoms with Crippen molar-refractivity contribution >= 4 is 17.4 Å². The number of rotatable bonds is 5. The van der Waals surface area contributed by atoms with Gasteiger partial charge in [0.2, 0.25) is 0 Å². The lowest BCUT2D eigenvalue weighted by Gasteiger charge is -2.18. The molecule has 0 aromatic carbocycles. The third-order valence-corrected chi connectivity index (χ3v) is 4.47. The highest BCUT2D eigenvalue weighted by Gasteiger charge is 2.36. The molecule has 0 aliphatic carbocycles. The molecule has 0 aliphatic rings. The summed E-state index contributed by atoms with van der Waals surface area (Å²) in [6, 6.07) is 1.89. The van der Waals surface area contributed by atoms with Crippen molar-refractivity contribution < 1.29 is 22.7 Å². The summed E-state index contributed by atoms with van der Waals surface area (Å²) in [6.45, 7) is 3.31. The van der Waals surface area contributed by atoms with Gasteiger partial charge in [-0.05, 0) is 19.9 Å². The topological polar surface area (TPSA) is 131 Å². The van der Waals surface area contributed by atoms with Gasteiger partial charge in [0.05, 0.1) is 53.5 Å². The number of urea groups is 1. The fraction of sp³-hybridized carbons (Fsp3) is 0.263. The number of amides is 2. The fourth-order valence-corrected chi connectivity index (χ4v) is 2.91. The third-order valence-electron chi connectivity index (χ3n) is 4.47. The number of alkyl halides is 3. The number of anilines is 2. The zero-order valence-electron chi connectivity index (χ0n) is 17.1. The molecule has 3 rings (SSSR count). The normalized spacial score (nSPS) is 12.2. The van der Waals surface area contributed by atoms with Gasteiger partial charge in [-0.2, -0.15) is 28.6 Å². The number of pyridine rings is 2. The Labute approximate surface area is 180 Å². The molecule has 0 saturated heterocycles. The zero-order chi connectivity index (χ0) is 23.5. The molecule has 1 atom stereocenters. The van der Waals surface area contributed by atoms with Gasteiger partial charge in [-0.25, -0.2) is 9.78 Å². The predicted octanol–water partition coefficient (Wildman–Crippen LogP) is 3.61. The number of carbonyl (C=O) groups is 1. The molecule has 0 saturated carbocycles. The molecule has 2 N–H and O–H groups in total. The number of ether oxygens (including phenoxy) is 1. The summed E-state index contributed by atoms with van der Waals surface area (Å²) < 4.78 is 45.8. The number of carbonyl (C=O) groups excluding carboxylic acids is 1. The van der Waals surface area contributed by atoms with Crippen LogP contribution in [0.3, 0.4) is 0 Å². The van der Waals surface area contributed by atoms with Crippen molar-refractivity contribution in [1.29, 1.82) is 5.26 Å². The van der Waals surface area contributed by atoms with Crippen LogP contribution in [-0.4, -0.2) is 38.1 Å². The molecule has 0 spiro atoms. The molecule has 3 aromatic rings. The van der Waals surface area contributed by atoms with Crippen LogP contribution in [-0.2, 0) is 10.9 Å². The summed E-state index contributed by atoms with van der Waals surface area (Å²) in [5, 5.41) is 21.6. The van der Waals surface area contributed by atoms with E-state index < -0.39 is 29.7 Å². The first-order valence-corrected chi connectivity index (χ1v) is 9.10. The van der Waals surface area contributed by atoms with Gasteiger partial charge in [-0.3, -0.25) is 4.98 Å². The van der Waals surface area contributed by atoms with Crippen LogP contribution in [0.4, 0.5) is 29.3 Å². The van der Waals surface area contributed by atoms with E-state index in [-0.39, 0.29) is 16.9 Å². The van der Waals surface area contributed by atoms with Crippen LogP contribution in [0, 0.1) is 18.3 Å². The number of methoxy groups -OCH3 is 1. The Balaban J connectivity index is 1.90.